The number of carbonyl (C=O) groups excluding carboxylic acids is 1. The van der Waals surface area contributed by atoms with Crippen LogP contribution in [-0.4, -0.2) is 31.4 Å². The number of hydrogen-bond donors (Lipinski definition) is 1. The molecule has 2 aromatic carbocycles. The van der Waals surface area contributed by atoms with E-state index < -0.39 is 0 Å². The summed E-state index contributed by atoms with van der Waals surface area (Å²) in [5, 5.41) is 12.4. The number of nitrogens with one attached hydrogen (secondary N) is 1. The van der Waals surface area contributed by atoms with Gasteiger partial charge in [0.05, 0.1) is 5.75 Å². The van der Waals surface area contributed by atoms with E-state index in [4.69, 9.17) is 0 Å². The minimum atomic E-state index is -0.0840. The second kappa shape index (κ2) is 8.92. The molecule has 1 amide bonds. The summed E-state index contributed by atoms with van der Waals surface area (Å²) < 4.78 is 1.95. The van der Waals surface area contributed by atoms with Gasteiger partial charge in [-0.3, -0.25) is 14.3 Å². The van der Waals surface area contributed by atoms with Gasteiger partial charge in [0.25, 0.3) is 0 Å². The van der Waals surface area contributed by atoms with Crippen molar-refractivity contribution in [3.8, 4) is 17.1 Å². The van der Waals surface area contributed by atoms with E-state index in [2.05, 4.69) is 20.5 Å². The molecule has 0 fully saturated rings. The molecule has 0 aliphatic heterocycles. The monoisotopic (exact) mass is 415 g/mol. The van der Waals surface area contributed by atoms with Gasteiger partial charge in [-0.05, 0) is 55.3 Å². The van der Waals surface area contributed by atoms with Crippen molar-refractivity contribution in [3.63, 3.8) is 0 Å². The van der Waals surface area contributed by atoms with Crippen LogP contribution in [0.1, 0.15) is 11.1 Å². The first-order chi connectivity index (χ1) is 14.6. The van der Waals surface area contributed by atoms with Crippen molar-refractivity contribution >= 4 is 23.4 Å². The Balaban J connectivity index is 1.58. The van der Waals surface area contributed by atoms with E-state index >= 15 is 0 Å². The fraction of sp³-hybridized carbons (Fsp3) is 0.130. The van der Waals surface area contributed by atoms with Gasteiger partial charge in [0.2, 0.25) is 5.91 Å². The molecule has 150 valence electrons. The van der Waals surface area contributed by atoms with Crippen LogP contribution in [0.5, 0.6) is 0 Å². The maximum Gasteiger partial charge on any atom is 0.234 e. The van der Waals surface area contributed by atoms with Crippen LogP contribution in [0, 0.1) is 13.8 Å². The molecule has 0 aliphatic carbocycles. The van der Waals surface area contributed by atoms with Gasteiger partial charge in [-0.2, -0.15) is 0 Å². The van der Waals surface area contributed by atoms with Crippen molar-refractivity contribution in [2.75, 3.05) is 11.1 Å². The molecule has 0 saturated carbocycles. The molecule has 4 aromatic rings. The Morgan fingerprint density at radius 3 is 2.60 bits per heavy atom. The van der Waals surface area contributed by atoms with Crippen molar-refractivity contribution < 1.29 is 4.79 Å². The van der Waals surface area contributed by atoms with Gasteiger partial charge in [-0.25, -0.2) is 0 Å². The number of anilines is 1. The van der Waals surface area contributed by atoms with E-state index in [1.165, 1.54) is 11.8 Å². The Labute approximate surface area is 179 Å². The number of pyridine rings is 1. The number of aryl methyl sites for hydroxylation is 1. The Bertz CT molecular complexity index is 1160. The molecule has 0 saturated heterocycles. The Hall–Kier alpha value is -3.45. The predicted octanol–water partition coefficient (Wildman–Crippen LogP) is 4.68. The minimum Gasteiger partial charge on any atom is -0.325 e. The number of nitrogens with zero attached hydrogens (tertiary/aromatic N) is 4. The summed E-state index contributed by atoms with van der Waals surface area (Å²) >= 11 is 1.35. The molecule has 0 bridgehead atoms. The maximum atomic E-state index is 12.6. The van der Waals surface area contributed by atoms with E-state index in [9.17, 15) is 4.79 Å². The summed E-state index contributed by atoms with van der Waals surface area (Å²) in [5.41, 5.74) is 4.84. The Morgan fingerprint density at radius 2 is 1.83 bits per heavy atom. The van der Waals surface area contributed by atoms with Gasteiger partial charge in [-0.1, -0.05) is 42.1 Å². The molecule has 30 heavy (non-hydrogen) atoms. The Morgan fingerprint density at radius 1 is 1.00 bits per heavy atom. The third kappa shape index (κ3) is 4.26. The molecule has 2 heterocycles. The SMILES string of the molecule is Cc1cccc(NC(=O)CSc2nnc(-c3cccnc3)n2-c2ccccc2)c1C. The van der Waals surface area contributed by atoms with Crippen molar-refractivity contribution in [3.05, 3.63) is 84.2 Å². The summed E-state index contributed by atoms with van der Waals surface area (Å²) in [6.07, 6.45) is 3.48. The van der Waals surface area contributed by atoms with Crippen LogP contribution in [-0.2, 0) is 4.79 Å². The van der Waals surface area contributed by atoms with E-state index in [0.717, 1.165) is 28.1 Å². The highest BCUT2D eigenvalue weighted by molar-refractivity contribution is 7.99. The van der Waals surface area contributed by atoms with E-state index in [1.54, 1.807) is 12.4 Å². The third-order valence-corrected chi connectivity index (χ3v) is 5.71. The largest absolute Gasteiger partial charge is 0.325 e. The molecule has 2 aromatic heterocycles. The fourth-order valence-corrected chi connectivity index (χ4v) is 3.81. The second-order valence-corrected chi connectivity index (χ2v) is 7.75. The quantitative estimate of drug-likeness (QED) is 0.463. The fourth-order valence-electron chi connectivity index (χ4n) is 3.06. The number of rotatable bonds is 6. The summed E-state index contributed by atoms with van der Waals surface area (Å²) in [7, 11) is 0. The van der Waals surface area contributed by atoms with Crippen molar-refractivity contribution in [1.29, 1.82) is 0 Å². The number of aromatic nitrogens is 4. The lowest BCUT2D eigenvalue weighted by Crippen LogP contribution is -2.15. The van der Waals surface area contributed by atoms with Crippen LogP contribution in [0.3, 0.4) is 0 Å². The smallest absolute Gasteiger partial charge is 0.234 e. The molecule has 6 nitrogen and oxygen atoms in total. The normalized spacial score (nSPS) is 10.7. The molecule has 1 N–H and O–H groups in total. The first-order valence-corrected chi connectivity index (χ1v) is 10.5. The van der Waals surface area contributed by atoms with Gasteiger partial charge in [0.1, 0.15) is 0 Å². The lowest BCUT2D eigenvalue weighted by atomic mass is 10.1. The molecule has 4 rings (SSSR count). The van der Waals surface area contributed by atoms with Crippen LogP contribution in [0.2, 0.25) is 0 Å². The van der Waals surface area contributed by atoms with Gasteiger partial charge in [-0.15, -0.1) is 10.2 Å². The van der Waals surface area contributed by atoms with Gasteiger partial charge < -0.3 is 5.32 Å². The van der Waals surface area contributed by atoms with Crippen LogP contribution in [0.15, 0.2) is 78.2 Å². The standard InChI is InChI=1S/C23H21N5OS/c1-16-8-6-12-20(17(16)2)25-21(29)15-30-23-27-26-22(18-9-7-13-24-14-18)28(23)19-10-4-3-5-11-19/h3-14H,15H2,1-2H3,(H,25,29). The van der Waals surface area contributed by atoms with Crippen LogP contribution in [0.25, 0.3) is 17.1 Å². The first kappa shape index (κ1) is 19.8. The van der Waals surface area contributed by atoms with Gasteiger partial charge >= 0.3 is 0 Å². The Kier molecular flexibility index (Phi) is 5.90. The number of benzene rings is 2. The number of carbonyl (C=O) groups is 1. The number of hydrogen-bond acceptors (Lipinski definition) is 5. The zero-order valence-electron chi connectivity index (χ0n) is 16.7. The highest BCUT2D eigenvalue weighted by atomic mass is 32.2. The minimum absolute atomic E-state index is 0.0840. The van der Waals surface area contributed by atoms with Crippen LogP contribution in [0.4, 0.5) is 5.69 Å². The van der Waals surface area contributed by atoms with Gasteiger partial charge in [0.15, 0.2) is 11.0 Å². The zero-order valence-corrected chi connectivity index (χ0v) is 17.6. The van der Waals surface area contributed by atoms with E-state index in [0.29, 0.717) is 11.0 Å². The molecule has 0 atom stereocenters. The number of para-hydroxylation sites is 1. The van der Waals surface area contributed by atoms with Crippen molar-refractivity contribution in [1.82, 2.24) is 19.7 Å². The van der Waals surface area contributed by atoms with Crippen LogP contribution >= 0.6 is 11.8 Å². The highest BCUT2D eigenvalue weighted by Crippen LogP contribution is 2.28. The first-order valence-electron chi connectivity index (χ1n) is 9.53. The second-order valence-electron chi connectivity index (χ2n) is 6.80. The summed E-state index contributed by atoms with van der Waals surface area (Å²) in [4.78, 5) is 16.8. The molecular formula is C23H21N5OS. The summed E-state index contributed by atoms with van der Waals surface area (Å²) in [6.45, 7) is 4.03. The molecule has 7 heteroatoms. The lowest BCUT2D eigenvalue weighted by Gasteiger charge is -2.11. The summed E-state index contributed by atoms with van der Waals surface area (Å²) in [5.74, 6) is 0.830. The summed E-state index contributed by atoms with van der Waals surface area (Å²) in [6, 6.07) is 19.6. The molecule has 0 unspecified atom stereocenters. The molecule has 0 spiro atoms. The van der Waals surface area contributed by atoms with Gasteiger partial charge in [0, 0.05) is 29.3 Å². The van der Waals surface area contributed by atoms with Crippen molar-refractivity contribution in [2.45, 2.75) is 19.0 Å². The highest BCUT2D eigenvalue weighted by Gasteiger charge is 2.17. The average molecular weight is 416 g/mol. The lowest BCUT2D eigenvalue weighted by molar-refractivity contribution is -0.113. The molecule has 0 radical (unpaired) electrons. The number of amides is 1. The third-order valence-electron chi connectivity index (χ3n) is 4.78. The zero-order chi connectivity index (χ0) is 20.9. The maximum absolute atomic E-state index is 12.6. The molecule has 0 aliphatic rings. The van der Waals surface area contributed by atoms with Crippen molar-refractivity contribution in [2.24, 2.45) is 0 Å². The number of thioether (sulfide) groups is 1. The van der Waals surface area contributed by atoms with E-state index in [1.807, 2.05) is 79.1 Å². The molecular weight excluding hydrogens is 394 g/mol. The van der Waals surface area contributed by atoms with Crippen LogP contribution < -0.4 is 5.32 Å². The topological polar surface area (TPSA) is 72.7 Å². The van der Waals surface area contributed by atoms with E-state index in [-0.39, 0.29) is 11.7 Å². The average Bonchev–Trinajstić information content (AvgIpc) is 3.21. The predicted molar refractivity (Wildman–Crippen MR) is 120 cm³/mol.